The number of halogens is 1. The van der Waals surface area contributed by atoms with Gasteiger partial charge in [0, 0.05) is 29.5 Å². The van der Waals surface area contributed by atoms with Crippen molar-refractivity contribution in [3.05, 3.63) is 52.3 Å². The molecule has 3 aromatic rings. The van der Waals surface area contributed by atoms with E-state index in [0.717, 1.165) is 16.2 Å². The van der Waals surface area contributed by atoms with E-state index < -0.39 is 10.0 Å². The summed E-state index contributed by atoms with van der Waals surface area (Å²) in [5.74, 6) is 0.572. The summed E-state index contributed by atoms with van der Waals surface area (Å²) in [6.45, 7) is 3.44. The fourth-order valence-corrected chi connectivity index (χ4v) is 5.64. The molecule has 2 N–H and O–H groups in total. The molecular formula is C21H24ClN3O4S3. The number of carbonyl (C=O) groups excluding carboxylic acids is 1. The third-order valence-corrected chi connectivity index (χ3v) is 7.79. The highest BCUT2D eigenvalue weighted by atomic mass is 35.5. The van der Waals surface area contributed by atoms with Crippen LogP contribution in [-0.4, -0.2) is 37.9 Å². The quantitative estimate of drug-likeness (QED) is 0.325. The SMILES string of the molecule is CCOCCn1c(=NC(=O)CCCSc2ccc(Cl)cc2)sc2cc(S(N)(=O)=O)ccc21. The topological polar surface area (TPSA) is 104 Å². The molecule has 7 nitrogen and oxygen atoms in total. The van der Waals surface area contributed by atoms with E-state index in [9.17, 15) is 13.2 Å². The summed E-state index contributed by atoms with van der Waals surface area (Å²) >= 11 is 8.81. The minimum Gasteiger partial charge on any atom is -0.380 e. The van der Waals surface area contributed by atoms with Crippen LogP contribution in [0.1, 0.15) is 19.8 Å². The van der Waals surface area contributed by atoms with Gasteiger partial charge in [0.2, 0.25) is 15.9 Å². The monoisotopic (exact) mass is 513 g/mol. The standard InChI is InChI=1S/C21H24ClN3O4S3/c1-2-29-12-11-25-18-10-9-17(32(23,27)28)14-19(18)31-21(25)24-20(26)4-3-13-30-16-7-5-15(22)6-8-16/h5-10,14H,2-4,11-13H2,1H3,(H2,23,27,28). The van der Waals surface area contributed by atoms with Gasteiger partial charge in [-0.15, -0.1) is 11.8 Å². The predicted molar refractivity (Wildman–Crippen MR) is 130 cm³/mol. The van der Waals surface area contributed by atoms with Crippen LogP contribution in [0.15, 0.2) is 57.2 Å². The Hall–Kier alpha value is -1.69. The number of nitrogens with two attached hydrogens (primary N) is 1. The molecule has 32 heavy (non-hydrogen) atoms. The smallest absolute Gasteiger partial charge is 0.248 e. The Bertz CT molecular complexity index is 1250. The van der Waals surface area contributed by atoms with Gasteiger partial charge in [-0.3, -0.25) is 4.79 Å². The normalized spacial score (nSPS) is 12.5. The molecule has 0 aliphatic carbocycles. The summed E-state index contributed by atoms with van der Waals surface area (Å²) in [6, 6.07) is 12.2. The van der Waals surface area contributed by atoms with Crippen LogP contribution in [0.5, 0.6) is 0 Å². The molecule has 0 saturated carbocycles. The number of fused-ring (bicyclic) bond motifs is 1. The number of primary sulfonamides is 1. The van der Waals surface area contributed by atoms with Gasteiger partial charge in [0.1, 0.15) is 0 Å². The van der Waals surface area contributed by atoms with Crippen LogP contribution in [0.2, 0.25) is 5.02 Å². The molecule has 1 aromatic heterocycles. The van der Waals surface area contributed by atoms with Crippen molar-refractivity contribution < 1.29 is 17.9 Å². The number of aromatic nitrogens is 1. The van der Waals surface area contributed by atoms with E-state index in [4.69, 9.17) is 21.5 Å². The maximum Gasteiger partial charge on any atom is 0.248 e. The lowest BCUT2D eigenvalue weighted by atomic mass is 10.3. The third-order valence-electron chi connectivity index (χ3n) is 4.48. The highest BCUT2D eigenvalue weighted by molar-refractivity contribution is 7.99. The van der Waals surface area contributed by atoms with Crippen molar-refractivity contribution >= 4 is 60.8 Å². The van der Waals surface area contributed by atoms with Gasteiger partial charge in [-0.05, 0) is 61.6 Å². The van der Waals surface area contributed by atoms with E-state index >= 15 is 0 Å². The molecule has 0 spiro atoms. The lowest BCUT2D eigenvalue weighted by Crippen LogP contribution is -2.19. The predicted octanol–water partition coefficient (Wildman–Crippen LogP) is 4.04. The first-order chi connectivity index (χ1) is 15.3. The first-order valence-corrected chi connectivity index (χ1v) is 13.7. The zero-order valence-electron chi connectivity index (χ0n) is 17.5. The Morgan fingerprint density at radius 2 is 2.00 bits per heavy atom. The molecule has 3 rings (SSSR count). The van der Waals surface area contributed by atoms with Gasteiger partial charge in [0.15, 0.2) is 4.80 Å². The molecule has 172 valence electrons. The maximum atomic E-state index is 12.5. The molecule has 2 aromatic carbocycles. The molecule has 0 saturated heterocycles. The van der Waals surface area contributed by atoms with Crippen LogP contribution in [0.25, 0.3) is 10.2 Å². The number of carbonyl (C=O) groups is 1. The molecule has 0 atom stereocenters. The Balaban J connectivity index is 1.75. The van der Waals surface area contributed by atoms with E-state index in [0.29, 0.717) is 47.1 Å². The second kappa shape index (κ2) is 11.4. The average Bonchev–Trinajstić information content (AvgIpc) is 3.08. The van der Waals surface area contributed by atoms with Gasteiger partial charge in [-0.2, -0.15) is 4.99 Å². The average molecular weight is 514 g/mol. The van der Waals surface area contributed by atoms with E-state index in [2.05, 4.69) is 4.99 Å². The lowest BCUT2D eigenvalue weighted by molar-refractivity contribution is -0.118. The summed E-state index contributed by atoms with van der Waals surface area (Å²) in [5.41, 5.74) is 0.784. The summed E-state index contributed by atoms with van der Waals surface area (Å²) in [5, 5.41) is 5.95. The van der Waals surface area contributed by atoms with E-state index in [1.807, 2.05) is 35.8 Å². The fourth-order valence-electron chi connectivity index (χ4n) is 2.94. The number of benzene rings is 2. The van der Waals surface area contributed by atoms with Gasteiger partial charge in [-0.1, -0.05) is 22.9 Å². The van der Waals surface area contributed by atoms with Crippen LogP contribution in [-0.2, 0) is 26.1 Å². The maximum absolute atomic E-state index is 12.5. The summed E-state index contributed by atoms with van der Waals surface area (Å²) in [4.78, 5) is 18.5. The molecule has 0 fully saturated rings. The minimum absolute atomic E-state index is 0.0281. The Labute approximate surface area is 200 Å². The van der Waals surface area contributed by atoms with Crippen LogP contribution >= 0.6 is 34.7 Å². The number of amides is 1. The molecule has 0 radical (unpaired) electrons. The lowest BCUT2D eigenvalue weighted by Gasteiger charge is -2.06. The minimum atomic E-state index is -3.82. The second-order valence-electron chi connectivity index (χ2n) is 6.82. The molecule has 1 amide bonds. The van der Waals surface area contributed by atoms with Crippen molar-refractivity contribution in [1.82, 2.24) is 4.57 Å². The largest absolute Gasteiger partial charge is 0.380 e. The van der Waals surface area contributed by atoms with Crippen LogP contribution in [0, 0.1) is 0 Å². The van der Waals surface area contributed by atoms with Crippen LogP contribution in [0.3, 0.4) is 0 Å². The number of nitrogens with zero attached hydrogens (tertiary/aromatic N) is 2. The van der Waals surface area contributed by atoms with E-state index in [-0.39, 0.29) is 10.8 Å². The molecule has 0 unspecified atom stereocenters. The number of hydrogen-bond donors (Lipinski definition) is 1. The van der Waals surface area contributed by atoms with Crippen molar-refractivity contribution in [2.45, 2.75) is 36.1 Å². The number of ether oxygens (including phenoxy) is 1. The molecule has 11 heteroatoms. The molecule has 0 aliphatic heterocycles. The number of hydrogen-bond acceptors (Lipinski definition) is 6. The van der Waals surface area contributed by atoms with Crippen LogP contribution in [0.4, 0.5) is 0 Å². The Morgan fingerprint density at radius 1 is 1.25 bits per heavy atom. The van der Waals surface area contributed by atoms with Gasteiger partial charge in [0.05, 0.1) is 21.7 Å². The zero-order valence-corrected chi connectivity index (χ0v) is 20.7. The summed E-state index contributed by atoms with van der Waals surface area (Å²) in [7, 11) is -3.82. The van der Waals surface area contributed by atoms with Gasteiger partial charge in [0.25, 0.3) is 0 Å². The fraction of sp³-hybridized carbons (Fsp3) is 0.333. The molecule has 0 aliphatic rings. The molecule has 0 bridgehead atoms. The zero-order chi connectivity index (χ0) is 23.1. The number of sulfonamides is 1. The number of thioether (sulfide) groups is 1. The third kappa shape index (κ3) is 6.90. The van der Waals surface area contributed by atoms with Gasteiger partial charge >= 0.3 is 0 Å². The van der Waals surface area contributed by atoms with E-state index in [1.165, 1.54) is 23.5 Å². The van der Waals surface area contributed by atoms with Gasteiger partial charge in [-0.25, -0.2) is 13.6 Å². The number of rotatable bonds is 10. The van der Waals surface area contributed by atoms with Crippen molar-refractivity contribution in [1.29, 1.82) is 0 Å². The highest BCUT2D eigenvalue weighted by Gasteiger charge is 2.13. The second-order valence-corrected chi connectivity index (χ2v) is 11.0. The van der Waals surface area contributed by atoms with Crippen molar-refractivity contribution in [2.75, 3.05) is 19.0 Å². The summed E-state index contributed by atoms with van der Waals surface area (Å²) in [6.07, 6.45) is 1.01. The van der Waals surface area contributed by atoms with E-state index in [1.54, 1.807) is 17.8 Å². The molecular weight excluding hydrogens is 490 g/mol. The van der Waals surface area contributed by atoms with Gasteiger partial charge < -0.3 is 9.30 Å². The first kappa shape index (κ1) is 24.9. The Kier molecular flexibility index (Phi) is 8.92. The summed E-state index contributed by atoms with van der Waals surface area (Å²) < 4.78 is 31.4. The van der Waals surface area contributed by atoms with Crippen molar-refractivity contribution in [3.63, 3.8) is 0 Å². The first-order valence-electron chi connectivity index (χ1n) is 9.98. The Morgan fingerprint density at radius 3 is 2.69 bits per heavy atom. The van der Waals surface area contributed by atoms with Crippen LogP contribution < -0.4 is 9.94 Å². The molecule has 1 heterocycles. The van der Waals surface area contributed by atoms with Crippen molar-refractivity contribution in [2.24, 2.45) is 10.1 Å². The van der Waals surface area contributed by atoms with Crippen molar-refractivity contribution in [3.8, 4) is 0 Å². The highest BCUT2D eigenvalue weighted by Crippen LogP contribution is 2.23. The number of thiazole rings is 1.